The summed E-state index contributed by atoms with van der Waals surface area (Å²) in [6.45, 7) is 2.25. The average Bonchev–Trinajstić information content (AvgIpc) is 3.17. The summed E-state index contributed by atoms with van der Waals surface area (Å²) in [6, 6.07) is 51.3. The summed E-state index contributed by atoms with van der Waals surface area (Å²) in [7, 11) is 0. The zero-order valence-electron chi connectivity index (χ0n) is 27.1. The molecule has 0 N–H and O–H groups in total. The van der Waals surface area contributed by atoms with E-state index in [9.17, 15) is 0 Å². The van der Waals surface area contributed by atoms with Gasteiger partial charge in [0, 0.05) is 24.8 Å². The third-order valence-corrected chi connectivity index (χ3v) is 9.50. The van der Waals surface area contributed by atoms with E-state index in [2.05, 4.69) is 156 Å². The normalized spacial score (nSPS) is 11.3. The lowest BCUT2D eigenvalue weighted by atomic mass is 9.84. The minimum absolute atomic E-state index is 1.13. The molecule has 0 aliphatic carbocycles. The number of aryl methyl sites for hydroxylation is 1. The highest BCUT2D eigenvalue weighted by atomic mass is 14.6. The fourth-order valence-electron chi connectivity index (χ4n) is 6.97. The van der Waals surface area contributed by atoms with Crippen LogP contribution < -0.4 is 0 Å². The van der Waals surface area contributed by atoms with Gasteiger partial charge in [-0.05, 0) is 126 Å². The molecule has 2 nitrogen and oxygen atoms in total. The van der Waals surface area contributed by atoms with Gasteiger partial charge in [0.15, 0.2) is 0 Å². The number of unbranched alkanes of at least 4 members (excludes halogenated alkanes) is 1. The Morgan fingerprint density at radius 3 is 1.29 bits per heavy atom. The number of hydrogen-bond donors (Lipinski definition) is 0. The fourth-order valence-corrected chi connectivity index (χ4v) is 6.97. The van der Waals surface area contributed by atoms with Crippen molar-refractivity contribution in [3.63, 3.8) is 0 Å². The minimum Gasteiger partial charge on any atom is -0.265 e. The first-order valence-electron chi connectivity index (χ1n) is 16.9. The predicted molar refractivity (Wildman–Crippen MR) is 203 cm³/mol. The lowest BCUT2D eigenvalue weighted by Crippen LogP contribution is -1.92. The summed E-state index contributed by atoms with van der Waals surface area (Å²) in [4.78, 5) is 8.41. The van der Waals surface area contributed by atoms with Gasteiger partial charge in [-0.3, -0.25) is 9.97 Å². The molecule has 0 spiro atoms. The Bertz CT molecular complexity index is 2320. The third kappa shape index (κ3) is 5.67. The molecule has 0 radical (unpaired) electrons. The van der Waals surface area contributed by atoms with E-state index in [4.69, 9.17) is 0 Å². The smallest absolute Gasteiger partial charge is 0.0273 e. The van der Waals surface area contributed by atoms with Crippen LogP contribution in [-0.4, -0.2) is 9.97 Å². The molecule has 0 amide bonds. The zero-order valence-corrected chi connectivity index (χ0v) is 27.1. The summed E-state index contributed by atoms with van der Waals surface area (Å²) >= 11 is 0. The van der Waals surface area contributed by atoms with Gasteiger partial charge >= 0.3 is 0 Å². The van der Waals surface area contributed by atoms with Crippen molar-refractivity contribution < 1.29 is 0 Å². The minimum atomic E-state index is 1.13. The Kier molecular flexibility index (Phi) is 8.06. The number of fused-ring (bicyclic) bond motifs is 2. The summed E-state index contributed by atoms with van der Waals surface area (Å²) in [5, 5.41) is 5.01. The van der Waals surface area contributed by atoms with Gasteiger partial charge in [-0.1, -0.05) is 123 Å². The SMILES string of the molecule is CCCCc1ccc(-c2ccc3c(-c4ccc(-c5ccncc5)cc4)c4ccccc4c(-c4ccc(-c5ccncc5)cc4)c3c2)cc1. The molecule has 0 aliphatic heterocycles. The van der Waals surface area contributed by atoms with Gasteiger partial charge in [0.2, 0.25) is 0 Å². The lowest BCUT2D eigenvalue weighted by molar-refractivity contribution is 0.795. The first-order chi connectivity index (χ1) is 23.8. The molecule has 0 saturated heterocycles. The van der Waals surface area contributed by atoms with Crippen LogP contribution in [-0.2, 0) is 6.42 Å². The summed E-state index contributed by atoms with van der Waals surface area (Å²) < 4.78 is 0. The van der Waals surface area contributed by atoms with Crippen molar-refractivity contribution in [2.45, 2.75) is 26.2 Å². The van der Waals surface area contributed by atoms with E-state index in [1.807, 2.05) is 24.8 Å². The van der Waals surface area contributed by atoms with Crippen LogP contribution >= 0.6 is 0 Å². The van der Waals surface area contributed by atoms with Gasteiger partial charge in [0.1, 0.15) is 0 Å². The van der Waals surface area contributed by atoms with Gasteiger partial charge in [-0.25, -0.2) is 0 Å². The van der Waals surface area contributed by atoms with E-state index in [0.717, 1.165) is 6.42 Å². The second kappa shape index (κ2) is 13.1. The molecule has 2 heteroatoms. The standard InChI is InChI=1S/C46H36N2/c1-2-3-6-32-9-11-35(12-10-32)40-21-22-43-44(31-40)46(39-19-15-34(16-20-39)37-25-29-48-30-26-37)42-8-5-4-7-41(42)45(43)38-17-13-33(14-18-38)36-23-27-47-28-24-36/h4-5,7-31H,2-3,6H2,1H3. The molecule has 0 atom stereocenters. The highest BCUT2D eigenvalue weighted by Gasteiger charge is 2.18. The summed E-state index contributed by atoms with van der Waals surface area (Å²) in [5.41, 5.74) is 13.5. The van der Waals surface area contributed by atoms with E-state index >= 15 is 0 Å². The molecule has 0 bridgehead atoms. The Labute approximate surface area is 282 Å². The van der Waals surface area contributed by atoms with E-state index in [-0.39, 0.29) is 0 Å². The number of nitrogens with zero attached hydrogens (tertiary/aromatic N) is 2. The van der Waals surface area contributed by atoms with Gasteiger partial charge in [-0.15, -0.1) is 0 Å². The molecular weight excluding hydrogens is 581 g/mol. The molecular formula is C46H36N2. The molecule has 8 aromatic rings. The number of rotatable bonds is 8. The van der Waals surface area contributed by atoms with Crippen LogP contribution in [0.5, 0.6) is 0 Å². The van der Waals surface area contributed by atoms with Gasteiger partial charge in [-0.2, -0.15) is 0 Å². The van der Waals surface area contributed by atoms with Gasteiger partial charge in [0.05, 0.1) is 0 Å². The quantitative estimate of drug-likeness (QED) is 0.159. The maximum atomic E-state index is 4.21. The third-order valence-electron chi connectivity index (χ3n) is 9.50. The van der Waals surface area contributed by atoms with Crippen LogP contribution in [0, 0.1) is 0 Å². The molecule has 6 aromatic carbocycles. The van der Waals surface area contributed by atoms with Crippen molar-refractivity contribution in [1.82, 2.24) is 9.97 Å². The van der Waals surface area contributed by atoms with Crippen molar-refractivity contribution in [3.8, 4) is 55.6 Å². The van der Waals surface area contributed by atoms with Gasteiger partial charge < -0.3 is 0 Å². The topological polar surface area (TPSA) is 25.8 Å². The van der Waals surface area contributed by atoms with Crippen molar-refractivity contribution in [2.24, 2.45) is 0 Å². The van der Waals surface area contributed by atoms with Crippen molar-refractivity contribution >= 4 is 21.5 Å². The van der Waals surface area contributed by atoms with E-state index < -0.39 is 0 Å². The van der Waals surface area contributed by atoms with E-state index in [1.165, 1.54) is 95.6 Å². The maximum Gasteiger partial charge on any atom is 0.0273 e. The Morgan fingerprint density at radius 2 is 0.771 bits per heavy atom. The number of pyridine rings is 2. The number of benzene rings is 6. The molecule has 2 aromatic heterocycles. The Balaban J connectivity index is 1.34. The molecule has 0 unspecified atom stereocenters. The molecule has 48 heavy (non-hydrogen) atoms. The molecule has 8 rings (SSSR count). The van der Waals surface area contributed by atoms with E-state index in [0.29, 0.717) is 0 Å². The zero-order chi connectivity index (χ0) is 32.3. The molecule has 0 saturated carbocycles. The first-order valence-corrected chi connectivity index (χ1v) is 16.9. The number of hydrogen-bond acceptors (Lipinski definition) is 2. The Morgan fingerprint density at radius 1 is 0.375 bits per heavy atom. The van der Waals surface area contributed by atoms with Crippen LogP contribution in [0.4, 0.5) is 0 Å². The largest absolute Gasteiger partial charge is 0.265 e. The highest BCUT2D eigenvalue weighted by molar-refractivity contribution is 6.22. The van der Waals surface area contributed by atoms with Crippen LogP contribution in [0.2, 0.25) is 0 Å². The number of aromatic nitrogens is 2. The summed E-state index contributed by atoms with van der Waals surface area (Å²) in [5.74, 6) is 0. The predicted octanol–water partition coefficient (Wildman–Crippen LogP) is 12.5. The highest BCUT2D eigenvalue weighted by Crippen LogP contribution is 2.45. The second-order valence-corrected chi connectivity index (χ2v) is 12.5. The van der Waals surface area contributed by atoms with Crippen LogP contribution in [0.15, 0.2) is 164 Å². The van der Waals surface area contributed by atoms with Crippen LogP contribution in [0.25, 0.3) is 77.2 Å². The van der Waals surface area contributed by atoms with Crippen LogP contribution in [0.3, 0.4) is 0 Å². The molecule has 230 valence electrons. The van der Waals surface area contributed by atoms with E-state index in [1.54, 1.807) is 0 Å². The first kappa shape index (κ1) is 29.5. The monoisotopic (exact) mass is 616 g/mol. The van der Waals surface area contributed by atoms with Crippen molar-refractivity contribution in [3.05, 3.63) is 170 Å². The van der Waals surface area contributed by atoms with Crippen molar-refractivity contribution in [1.29, 1.82) is 0 Å². The lowest BCUT2D eigenvalue weighted by Gasteiger charge is -2.19. The molecule has 0 fully saturated rings. The molecule has 0 aliphatic rings. The second-order valence-electron chi connectivity index (χ2n) is 12.5. The summed E-state index contributed by atoms with van der Waals surface area (Å²) in [6.07, 6.45) is 11.0. The van der Waals surface area contributed by atoms with Gasteiger partial charge in [0.25, 0.3) is 0 Å². The Hall–Kier alpha value is -5.86. The molecule has 2 heterocycles. The van der Waals surface area contributed by atoms with Crippen LogP contribution in [0.1, 0.15) is 25.3 Å². The van der Waals surface area contributed by atoms with Crippen molar-refractivity contribution in [2.75, 3.05) is 0 Å². The maximum absolute atomic E-state index is 4.21. The fraction of sp³-hybridized carbons (Fsp3) is 0.0870. The average molecular weight is 617 g/mol.